The lowest BCUT2D eigenvalue weighted by atomic mass is 10.3. The molecule has 1 aromatic rings. The van der Waals surface area contributed by atoms with Crippen molar-refractivity contribution < 1.29 is 4.74 Å². The summed E-state index contributed by atoms with van der Waals surface area (Å²) in [7, 11) is 0. The standard InChI is InChI=1S/C10H12IN3O/c11-9-3-1-2-4-10(9)12-13-14-5-7-15-8-6-14/h1-4H,5-8H2. The lowest BCUT2D eigenvalue weighted by Crippen LogP contribution is -2.31. The van der Waals surface area contributed by atoms with Crippen LogP contribution >= 0.6 is 22.6 Å². The van der Waals surface area contributed by atoms with Gasteiger partial charge in [-0.15, -0.1) is 5.11 Å². The van der Waals surface area contributed by atoms with Crippen LogP contribution in [-0.4, -0.2) is 31.3 Å². The van der Waals surface area contributed by atoms with Gasteiger partial charge in [0.2, 0.25) is 0 Å². The minimum atomic E-state index is 0.741. The summed E-state index contributed by atoms with van der Waals surface area (Å²) in [6, 6.07) is 7.95. The highest BCUT2D eigenvalue weighted by atomic mass is 127. The summed E-state index contributed by atoms with van der Waals surface area (Å²) in [6.07, 6.45) is 0. The Balaban J connectivity index is 2.01. The van der Waals surface area contributed by atoms with Gasteiger partial charge in [0.05, 0.1) is 26.3 Å². The molecule has 15 heavy (non-hydrogen) atoms. The van der Waals surface area contributed by atoms with Crippen molar-refractivity contribution in [1.82, 2.24) is 5.01 Å². The van der Waals surface area contributed by atoms with Crippen LogP contribution in [-0.2, 0) is 4.74 Å². The molecule has 0 N–H and O–H groups in total. The molecule has 0 unspecified atom stereocenters. The van der Waals surface area contributed by atoms with Gasteiger partial charge < -0.3 is 4.74 Å². The molecule has 5 heteroatoms. The number of ether oxygens (including phenoxy) is 1. The molecule has 0 saturated carbocycles. The first-order valence-corrected chi connectivity index (χ1v) is 5.93. The zero-order valence-electron chi connectivity index (χ0n) is 8.27. The Hall–Kier alpha value is -0.690. The second-order valence-electron chi connectivity index (χ2n) is 3.21. The van der Waals surface area contributed by atoms with Gasteiger partial charge in [-0.1, -0.05) is 17.4 Å². The monoisotopic (exact) mass is 317 g/mol. The largest absolute Gasteiger partial charge is 0.378 e. The van der Waals surface area contributed by atoms with Gasteiger partial charge in [0.1, 0.15) is 5.69 Å². The Morgan fingerprint density at radius 3 is 2.67 bits per heavy atom. The van der Waals surface area contributed by atoms with E-state index in [1.807, 2.05) is 29.3 Å². The van der Waals surface area contributed by atoms with Crippen molar-refractivity contribution >= 4 is 28.3 Å². The molecule has 2 rings (SSSR count). The first-order valence-electron chi connectivity index (χ1n) is 4.85. The van der Waals surface area contributed by atoms with Crippen LogP contribution in [0.1, 0.15) is 0 Å². The van der Waals surface area contributed by atoms with Crippen LogP contribution < -0.4 is 0 Å². The third-order valence-corrected chi connectivity index (χ3v) is 3.03. The summed E-state index contributed by atoms with van der Waals surface area (Å²) in [4.78, 5) is 0. The average Bonchev–Trinajstić information content (AvgIpc) is 2.29. The summed E-state index contributed by atoms with van der Waals surface area (Å²) in [5, 5.41) is 10.3. The maximum atomic E-state index is 5.23. The molecular weight excluding hydrogens is 305 g/mol. The summed E-state index contributed by atoms with van der Waals surface area (Å²) in [6.45, 7) is 3.13. The van der Waals surface area contributed by atoms with Gasteiger partial charge in [-0.2, -0.15) is 0 Å². The summed E-state index contributed by atoms with van der Waals surface area (Å²) in [5.41, 5.74) is 0.921. The van der Waals surface area contributed by atoms with Crippen molar-refractivity contribution in [2.75, 3.05) is 26.3 Å². The fourth-order valence-electron chi connectivity index (χ4n) is 1.29. The van der Waals surface area contributed by atoms with Crippen molar-refractivity contribution in [2.45, 2.75) is 0 Å². The van der Waals surface area contributed by atoms with Crippen LogP contribution in [0.3, 0.4) is 0 Å². The third-order valence-electron chi connectivity index (χ3n) is 2.12. The topological polar surface area (TPSA) is 37.2 Å². The fraction of sp³-hybridized carbons (Fsp3) is 0.400. The van der Waals surface area contributed by atoms with E-state index in [1.165, 1.54) is 0 Å². The van der Waals surface area contributed by atoms with Crippen LogP contribution in [0.2, 0.25) is 0 Å². The highest BCUT2D eigenvalue weighted by molar-refractivity contribution is 14.1. The minimum absolute atomic E-state index is 0.741. The fourth-order valence-corrected chi connectivity index (χ4v) is 1.78. The Morgan fingerprint density at radius 2 is 1.93 bits per heavy atom. The number of hydrogen-bond acceptors (Lipinski definition) is 3. The molecule has 0 spiro atoms. The molecule has 0 radical (unpaired) electrons. The molecule has 4 nitrogen and oxygen atoms in total. The Bertz CT molecular complexity index is 350. The number of benzene rings is 1. The second-order valence-corrected chi connectivity index (χ2v) is 4.37. The maximum absolute atomic E-state index is 5.23. The molecule has 1 aliphatic rings. The van der Waals surface area contributed by atoms with Crippen LogP contribution in [0.4, 0.5) is 5.69 Å². The normalized spacial score (nSPS) is 17.3. The second kappa shape index (κ2) is 5.41. The molecule has 1 aromatic carbocycles. The van der Waals surface area contributed by atoms with Crippen molar-refractivity contribution in [3.63, 3.8) is 0 Å². The molecule has 0 atom stereocenters. The first kappa shape index (κ1) is 10.8. The Labute approximate surface area is 102 Å². The highest BCUT2D eigenvalue weighted by Crippen LogP contribution is 2.20. The smallest absolute Gasteiger partial charge is 0.101 e. The average molecular weight is 317 g/mol. The number of rotatable bonds is 2. The predicted octanol–water partition coefficient (Wildman–Crippen LogP) is 2.62. The van der Waals surface area contributed by atoms with E-state index in [9.17, 15) is 0 Å². The summed E-state index contributed by atoms with van der Waals surface area (Å²) >= 11 is 2.26. The van der Waals surface area contributed by atoms with Crippen LogP contribution in [0.15, 0.2) is 34.6 Å². The number of hydrogen-bond donors (Lipinski definition) is 0. The van der Waals surface area contributed by atoms with E-state index < -0.39 is 0 Å². The molecule has 0 aliphatic carbocycles. The van der Waals surface area contributed by atoms with Gasteiger partial charge >= 0.3 is 0 Å². The van der Waals surface area contributed by atoms with E-state index in [0.717, 1.165) is 35.6 Å². The van der Waals surface area contributed by atoms with Gasteiger partial charge in [-0.25, -0.2) is 0 Å². The Kier molecular flexibility index (Phi) is 3.90. The van der Waals surface area contributed by atoms with E-state index in [0.29, 0.717) is 0 Å². The molecule has 1 saturated heterocycles. The van der Waals surface area contributed by atoms with E-state index in [1.54, 1.807) is 0 Å². The van der Waals surface area contributed by atoms with Crippen LogP contribution in [0, 0.1) is 3.57 Å². The van der Waals surface area contributed by atoms with Crippen LogP contribution in [0.5, 0.6) is 0 Å². The maximum Gasteiger partial charge on any atom is 0.101 e. The van der Waals surface area contributed by atoms with E-state index in [-0.39, 0.29) is 0 Å². The van der Waals surface area contributed by atoms with Gasteiger partial charge in [0.25, 0.3) is 0 Å². The lowest BCUT2D eigenvalue weighted by molar-refractivity contribution is 0.0353. The molecule has 1 fully saturated rings. The first-order chi connectivity index (χ1) is 7.36. The quantitative estimate of drug-likeness (QED) is 0.621. The molecule has 0 amide bonds. The van der Waals surface area contributed by atoms with Gasteiger partial charge in [0, 0.05) is 3.57 Å². The molecule has 0 bridgehead atoms. The molecule has 0 aromatic heterocycles. The molecular formula is C10H12IN3O. The SMILES string of the molecule is Ic1ccccc1N=NN1CCOCC1. The summed E-state index contributed by atoms with van der Waals surface area (Å²) in [5.74, 6) is 0. The molecule has 80 valence electrons. The van der Waals surface area contributed by atoms with Crippen molar-refractivity contribution in [1.29, 1.82) is 0 Å². The van der Waals surface area contributed by atoms with Gasteiger partial charge in [-0.3, -0.25) is 5.01 Å². The van der Waals surface area contributed by atoms with Crippen molar-refractivity contribution in [3.8, 4) is 0 Å². The van der Waals surface area contributed by atoms with Gasteiger partial charge in [0.15, 0.2) is 0 Å². The van der Waals surface area contributed by atoms with Crippen molar-refractivity contribution in [2.24, 2.45) is 10.3 Å². The van der Waals surface area contributed by atoms with Crippen molar-refractivity contribution in [3.05, 3.63) is 27.8 Å². The number of morpholine rings is 1. The predicted molar refractivity (Wildman–Crippen MR) is 66.1 cm³/mol. The molecule has 1 heterocycles. The Morgan fingerprint density at radius 1 is 1.20 bits per heavy atom. The van der Waals surface area contributed by atoms with E-state index in [4.69, 9.17) is 4.74 Å². The molecule has 1 aliphatic heterocycles. The third kappa shape index (κ3) is 3.13. The lowest BCUT2D eigenvalue weighted by Gasteiger charge is -2.22. The van der Waals surface area contributed by atoms with E-state index >= 15 is 0 Å². The summed E-state index contributed by atoms with van der Waals surface area (Å²) < 4.78 is 6.35. The minimum Gasteiger partial charge on any atom is -0.378 e. The highest BCUT2D eigenvalue weighted by Gasteiger charge is 2.07. The van der Waals surface area contributed by atoms with E-state index in [2.05, 4.69) is 32.9 Å². The zero-order chi connectivity index (χ0) is 10.5. The number of halogens is 1. The van der Waals surface area contributed by atoms with Crippen LogP contribution in [0.25, 0.3) is 0 Å². The number of nitrogens with zero attached hydrogens (tertiary/aromatic N) is 3. The van der Waals surface area contributed by atoms with Gasteiger partial charge in [-0.05, 0) is 34.7 Å². The zero-order valence-corrected chi connectivity index (χ0v) is 10.4.